The first-order valence-corrected chi connectivity index (χ1v) is 26.3. The molecule has 1 heterocycles. The van der Waals surface area contributed by atoms with Gasteiger partial charge in [0.05, 0.1) is 19.8 Å². The van der Waals surface area contributed by atoms with Gasteiger partial charge in [0.15, 0.2) is 6.29 Å². The fourth-order valence-corrected chi connectivity index (χ4v) is 8.35. The Kier molecular flexibility index (Phi) is 38.3. The molecule has 0 aliphatic carbocycles. The largest absolute Gasteiger partial charge is 0.457 e. The van der Waals surface area contributed by atoms with Crippen LogP contribution in [0.2, 0.25) is 0 Å². The molecule has 0 aromatic rings. The molecule has 1 rings (SSSR count). The number of hydrogen-bond donors (Lipinski definition) is 4. The highest BCUT2D eigenvalue weighted by Gasteiger charge is 2.48. The Labute approximate surface area is 372 Å². The third-order valence-corrected chi connectivity index (χ3v) is 12.1. The Morgan fingerprint density at radius 2 is 1.03 bits per heavy atom. The number of hydrogen-bond acceptors (Lipinski definition) is 11. The van der Waals surface area contributed by atoms with Gasteiger partial charge in [0, 0.05) is 13.0 Å². The Hall–Kier alpha value is -1.16. The number of carbonyl (C=O) groups excluding carboxylic acids is 1. The molecule has 6 atom stereocenters. The number of rotatable bonds is 44. The van der Waals surface area contributed by atoms with E-state index in [1.165, 1.54) is 161 Å². The van der Waals surface area contributed by atoms with Crippen LogP contribution < -0.4 is 0 Å². The molecule has 6 unspecified atom stereocenters. The molecule has 0 bridgehead atoms. The van der Waals surface area contributed by atoms with E-state index < -0.39 is 59.8 Å². The van der Waals surface area contributed by atoms with Gasteiger partial charge in [0.2, 0.25) is 0 Å². The minimum atomic E-state index is -5.06. The maximum atomic E-state index is 12.9. The van der Waals surface area contributed by atoms with Crippen molar-refractivity contribution in [1.82, 2.24) is 0 Å². The lowest BCUT2D eigenvalue weighted by molar-refractivity contribution is -0.301. The van der Waals surface area contributed by atoms with Crippen LogP contribution in [-0.4, -0.2) is 97.5 Å². The van der Waals surface area contributed by atoms with E-state index in [-0.39, 0.29) is 19.6 Å². The highest BCUT2D eigenvalue weighted by Crippen LogP contribution is 2.26. The van der Waals surface area contributed by atoms with Crippen molar-refractivity contribution in [3.8, 4) is 0 Å². The molecule has 0 aromatic carbocycles. The SMILES string of the molecule is CCCCCCCCCC/C=C\CCCCCCCCCCCC(=O)OC(COCCCCCCCCCCCCCCC)COC1OC(CO)C(O)C(OS(=O)(=O)O)C1O. The van der Waals surface area contributed by atoms with E-state index in [4.69, 9.17) is 18.9 Å². The van der Waals surface area contributed by atoms with Gasteiger partial charge in [-0.1, -0.05) is 193 Å². The van der Waals surface area contributed by atoms with Crippen molar-refractivity contribution in [2.24, 2.45) is 0 Å². The van der Waals surface area contributed by atoms with Gasteiger partial charge < -0.3 is 34.3 Å². The fourth-order valence-electron chi connectivity index (χ4n) is 7.85. The van der Waals surface area contributed by atoms with Crippen molar-refractivity contribution in [2.45, 2.75) is 263 Å². The van der Waals surface area contributed by atoms with Gasteiger partial charge in [-0.3, -0.25) is 9.35 Å². The second-order valence-electron chi connectivity index (χ2n) is 17.4. The number of esters is 1. The molecule has 0 radical (unpaired) electrons. The van der Waals surface area contributed by atoms with Gasteiger partial charge in [-0.15, -0.1) is 0 Å². The van der Waals surface area contributed by atoms with Crippen molar-refractivity contribution in [2.75, 3.05) is 26.4 Å². The van der Waals surface area contributed by atoms with Crippen LogP contribution in [0.1, 0.15) is 226 Å². The summed E-state index contributed by atoms with van der Waals surface area (Å²) in [5.74, 6) is -0.397. The predicted octanol–water partition coefficient (Wildman–Crippen LogP) is 11.0. The quantitative estimate of drug-likeness (QED) is 0.0197. The average molecular weight is 893 g/mol. The summed E-state index contributed by atoms with van der Waals surface area (Å²) in [6, 6.07) is 0. The molecule has 362 valence electrons. The van der Waals surface area contributed by atoms with E-state index in [9.17, 15) is 33.1 Å². The van der Waals surface area contributed by atoms with Crippen molar-refractivity contribution >= 4 is 16.4 Å². The smallest absolute Gasteiger partial charge is 0.397 e. The zero-order valence-corrected chi connectivity index (χ0v) is 39.6. The van der Waals surface area contributed by atoms with E-state index in [0.29, 0.717) is 13.0 Å². The van der Waals surface area contributed by atoms with Crippen molar-refractivity contribution in [1.29, 1.82) is 0 Å². The topological polar surface area (TPSA) is 178 Å². The van der Waals surface area contributed by atoms with Gasteiger partial charge in [-0.05, 0) is 38.5 Å². The lowest BCUT2D eigenvalue weighted by Crippen LogP contribution is -2.60. The second kappa shape index (κ2) is 40.4. The number of carbonyl (C=O) groups is 1. The fraction of sp³-hybridized carbons (Fsp3) is 0.938. The Morgan fingerprint density at radius 3 is 1.48 bits per heavy atom. The summed E-state index contributed by atoms with van der Waals surface area (Å²) in [7, 11) is -5.06. The minimum Gasteiger partial charge on any atom is -0.457 e. The van der Waals surface area contributed by atoms with Crippen LogP contribution >= 0.6 is 0 Å². The predicted molar refractivity (Wildman–Crippen MR) is 244 cm³/mol. The average Bonchev–Trinajstić information content (AvgIpc) is 3.23. The van der Waals surface area contributed by atoms with Crippen molar-refractivity contribution in [3.63, 3.8) is 0 Å². The van der Waals surface area contributed by atoms with Crippen LogP contribution in [-0.2, 0) is 38.3 Å². The van der Waals surface area contributed by atoms with Gasteiger partial charge in [-0.2, -0.15) is 8.42 Å². The molecule has 1 aliphatic heterocycles. The molecule has 61 heavy (non-hydrogen) atoms. The lowest BCUT2D eigenvalue weighted by atomic mass is 9.99. The number of unbranched alkanes of at least 4 members (excludes halogenated alkanes) is 29. The first-order valence-electron chi connectivity index (χ1n) is 24.9. The van der Waals surface area contributed by atoms with E-state index in [1.54, 1.807) is 0 Å². The first-order chi connectivity index (χ1) is 29.6. The zero-order valence-electron chi connectivity index (χ0n) is 38.7. The van der Waals surface area contributed by atoms with E-state index in [1.807, 2.05) is 0 Å². The molecular weight excluding hydrogens is 801 g/mol. The maximum Gasteiger partial charge on any atom is 0.397 e. The minimum absolute atomic E-state index is 0.0411. The summed E-state index contributed by atoms with van der Waals surface area (Å²) in [6.07, 6.45) is 35.3. The van der Waals surface area contributed by atoms with Crippen LogP contribution in [0.3, 0.4) is 0 Å². The van der Waals surface area contributed by atoms with Gasteiger partial charge in [0.1, 0.15) is 30.5 Å². The van der Waals surface area contributed by atoms with E-state index in [2.05, 4.69) is 30.2 Å². The second-order valence-corrected chi connectivity index (χ2v) is 18.5. The summed E-state index contributed by atoms with van der Waals surface area (Å²) in [5.41, 5.74) is 0. The number of allylic oxidation sites excluding steroid dienone is 2. The van der Waals surface area contributed by atoms with Crippen LogP contribution in [0.25, 0.3) is 0 Å². The molecule has 0 saturated carbocycles. The molecular formula is C48H92O12S. The lowest BCUT2D eigenvalue weighted by Gasteiger charge is -2.41. The molecule has 13 heteroatoms. The third-order valence-electron chi connectivity index (χ3n) is 11.6. The standard InChI is InChI=1S/C48H92O12S/c1-3-5-7-9-11-13-15-17-18-19-20-21-22-23-24-25-27-29-31-33-35-37-44(50)58-42(40-56-38-36-34-32-30-28-26-16-14-12-10-8-6-4-2)41-57-48-46(52)47(60-61(53,54)55)45(51)43(39-49)59-48/h19-20,42-43,45-49,51-52H,3-18,21-41H2,1-2H3,(H,53,54,55)/b20-19-. The summed E-state index contributed by atoms with van der Waals surface area (Å²) in [6.45, 7) is 4.02. The van der Waals surface area contributed by atoms with E-state index in [0.717, 1.165) is 38.5 Å². The van der Waals surface area contributed by atoms with E-state index >= 15 is 0 Å². The summed E-state index contributed by atoms with van der Waals surface area (Å²) < 4.78 is 59.2. The molecule has 0 aromatic heterocycles. The highest BCUT2D eigenvalue weighted by atomic mass is 32.3. The van der Waals surface area contributed by atoms with Gasteiger partial charge in [0.25, 0.3) is 0 Å². The molecule has 1 aliphatic rings. The van der Waals surface area contributed by atoms with Crippen molar-refractivity contribution in [3.05, 3.63) is 12.2 Å². The maximum absolute atomic E-state index is 12.9. The summed E-state index contributed by atoms with van der Waals surface area (Å²) in [4.78, 5) is 12.9. The highest BCUT2D eigenvalue weighted by molar-refractivity contribution is 7.80. The van der Waals surface area contributed by atoms with Crippen LogP contribution in [0.4, 0.5) is 0 Å². The van der Waals surface area contributed by atoms with Crippen molar-refractivity contribution < 1.29 is 56.2 Å². The van der Waals surface area contributed by atoms with Gasteiger partial charge in [-0.25, -0.2) is 4.18 Å². The summed E-state index contributed by atoms with van der Waals surface area (Å²) in [5, 5.41) is 30.7. The summed E-state index contributed by atoms with van der Waals surface area (Å²) >= 11 is 0. The molecule has 1 saturated heterocycles. The Morgan fingerprint density at radius 1 is 0.607 bits per heavy atom. The molecule has 0 amide bonds. The molecule has 1 fully saturated rings. The third kappa shape index (κ3) is 33.9. The zero-order chi connectivity index (χ0) is 44.7. The Balaban J connectivity index is 2.35. The van der Waals surface area contributed by atoms with Crippen LogP contribution in [0.5, 0.6) is 0 Å². The van der Waals surface area contributed by atoms with Gasteiger partial charge >= 0.3 is 16.4 Å². The molecule has 0 spiro atoms. The molecule has 12 nitrogen and oxygen atoms in total. The number of aliphatic hydroxyl groups is 3. The Bertz CT molecular complexity index is 1120. The monoisotopic (exact) mass is 893 g/mol. The normalized spacial score (nSPS) is 20.1. The number of aliphatic hydroxyl groups excluding tert-OH is 3. The van der Waals surface area contributed by atoms with Crippen LogP contribution in [0, 0.1) is 0 Å². The number of ether oxygens (including phenoxy) is 4. The first kappa shape index (κ1) is 57.9. The molecule has 4 N–H and O–H groups in total. The van der Waals surface area contributed by atoms with Crippen LogP contribution in [0.15, 0.2) is 12.2 Å².